The van der Waals surface area contributed by atoms with Crippen LogP contribution in [-0.4, -0.2) is 39.7 Å². The van der Waals surface area contributed by atoms with Crippen molar-refractivity contribution < 1.29 is 9.90 Å². The summed E-state index contributed by atoms with van der Waals surface area (Å²) in [5.74, 6) is 1.63. The van der Waals surface area contributed by atoms with E-state index in [4.69, 9.17) is 27.3 Å². The Bertz CT molecular complexity index is 1120. The van der Waals surface area contributed by atoms with Crippen LogP contribution in [0.25, 0.3) is 10.2 Å². The molecule has 2 aliphatic rings. The predicted octanol–water partition coefficient (Wildman–Crippen LogP) is 3.55. The minimum atomic E-state index is -0.592. The summed E-state index contributed by atoms with van der Waals surface area (Å²) >= 11 is 9.34. The van der Waals surface area contributed by atoms with Crippen molar-refractivity contribution >= 4 is 56.6 Å². The first-order valence-corrected chi connectivity index (χ1v) is 12.1. The number of carbonyl (C=O) groups excluding carboxylic acids is 1. The number of aliphatic hydroxyl groups is 1. The minimum Gasteiger partial charge on any atom is -0.391 e. The van der Waals surface area contributed by atoms with Gasteiger partial charge in [-0.15, -0.1) is 23.1 Å². The average Bonchev–Trinajstić information content (AvgIpc) is 3.41. The highest BCUT2D eigenvalue weighted by Crippen LogP contribution is 2.42. The molecule has 3 heterocycles. The van der Waals surface area contributed by atoms with E-state index in [1.165, 1.54) is 10.4 Å². The van der Waals surface area contributed by atoms with E-state index in [1.807, 2.05) is 29.2 Å². The van der Waals surface area contributed by atoms with Crippen molar-refractivity contribution in [3.8, 4) is 0 Å². The molecule has 1 amide bonds. The zero-order valence-electron chi connectivity index (χ0n) is 16.2. The fraction of sp³-hybridized carbons (Fsp3) is 0.381. The summed E-state index contributed by atoms with van der Waals surface area (Å²) in [6, 6.07) is 7.14. The molecule has 1 aliphatic heterocycles. The lowest BCUT2D eigenvalue weighted by Gasteiger charge is -2.24. The summed E-state index contributed by atoms with van der Waals surface area (Å²) in [6.45, 7) is 0.355. The Balaban J connectivity index is 1.55. The van der Waals surface area contributed by atoms with Crippen LogP contribution in [0.2, 0.25) is 5.02 Å². The summed E-state index contributed by atoms with van der Waals surface area (Å²) < 4.78 is 0. The lowest BCUT2D eigenvalue weighted by molar-refractivity contribution is -0.119. The van der Waals surface area contributed by atoms with Gasteiger partial charge in [0, 0.05) is 27.8 Å². The molecule has 0 bridgehead atoms. The van der Waals surface area contributed by atoms with E-state index in [2.05, 4.69) is 0 Å². The van der Waals surface area contributed by atoms with Crippen LogP contribution in [0, 0.1) is 0 Å². The highest BCUT2D eigenvalue weighted by atomic mass is 35.5. The summed E-state index contributed by atoms with van der Waals surface area (Å²) in [5, 5.41) is 12.0. The number of thiophene rings is 1. The van der Waals surface area contributed by atoms with Crippen LogP contribution in [0.1, 0.15) is 29.1 Å². The van der Waals surface area contributed by atoms with E-state index in [1.54, 1.807) is 23.1 Å². The Labute approximate surface area is 187 Å². The first kappa shape index (κ1) is 20.1. The van der Waals surface area contributed by atoms with Crippen LogP contribution in [0.3, 0.4) is 0 Å². The van der Waals surface area contributed by atoms with Crippen molar-refractivity contribution in [2.24, 2.45) is 5.73 Å². The lowest BCUT2D eigenvalue weighted by Crippen LogP contribution is -2.41. The van der Waals surface area contributed by atoms with Crippen molar-refractivity contribution in [1.82, 2.24) is 9.97 Å². The van der Waals surface area contributed by atoms with E-state index < -0.39 is 18.1 Å². The highest BCUT2D eigenvalue weighted by molar-refractivity contribution is 7.98. The van der Waals surface area contributed by atoms with Gasteiger partial charge in [-0.05, 0) is 49.1 Å². The second kappa shape index (κ2) is 8.00. The normalized spacial score (nSPS) is 20.8. The second-order valence-corrected chi connectivity index (χ2v) is 10.3. The van der Waals surface area contributed by atoms with Crippen LogP contribution in [-0.2, 0) is 23.4 Å². The van der Waals surface area contributed by atoms with E-state index in [-0.39, 0.29) is 0 Å². The topological polar surface area (TPSA) is 92.3 Å². The molecule has 1 aliphatic carbocycles. The van der Waals surface area contributed by atoms with Crippen molar-refractivity contribution in [1.29, 1.82) is 0 Å². The fourth-order valence-corrected chi connectivity index (χ4v) is 6.44. The maximum atomic E-state index is 12.1. The Morgan fingerprint density at radius 1 is 1.30 bits per heavy atom. The van der Waals surface area contributed by atoms with Gasteiger partial charge >= 0.3 is 0 Å². The lowest BCUT2D eigenvalue weighted by atomic mass is 10.1. The Morgan fingerprint density at radius 3 is 2.87 bits per heavy atom. The third-order valence-corrected chi connectivity index (χ3v) is 8.10. The number of thioether (sulfide) groups is 1. The number of nitrogens with two attached hydrogens (primary N) is 1. The molecule has 30 heavy (non-hydrogen) atoms. The number of hydrogen-bond acceptors (Lipinski definition) is 7. The standard InChI is InChI=1S/C21H21ClN4O2S2/c22-11-4-6-13(7-5-11)29-10-17-24-20(26-9-12(27)8-15(26)19(23)28)18-14-2-1-3-16(14)30-21(18)25-17/h4-7,12,15,27H,1-3,8-10H2,(H2,23,28)/t12-,15-/m0/s1. The van der Waals surface area contributed by atoms with Crippen molar-refractivity contribution in [2.75, 3.05) is 11.4 Å². The van der Waals surface area contributed by atoms with Gasteiger partial charge < -0.3 is 15.7 Å². The van der Waals surface area contributed by atoms with Gasteiger partial charge in [-0.1, -0.05) is 11.6 Å². The third kappa shape index (κ3) is 3.66. The van der Waals surface area contributed by atoms with Crippen LogP contribution in [0.4, 0.5) is 5.82 Å². The molecule has 0 saturated carbocycles. The van der Waals surface area contributed by atoms with Crippen LogP contribution >= 0.6 is 34.7 Å². The number of β-amino-alcohol motifs (C(OH)–C–C–N with tert-alkyl or cyclic N) is 1. The van der Waals surface area contributed by atoms with Gasteiger partial charge in [0.2, 0.25) is 5.91 Å². The number of aryl methyl sites for hydroxylation is 2. The minimum absolute atomic E-state index is 0.335. The number of halogens is 1. The number of aromatic nitrogens is 2. The molecule has 2 atom stereocenters. The molecule has 0 radical (unpaired) electrons. The number of amides is 1. The number of rotatable bonds is 5. The molecule has 3 N–H and O–H groups in total. The molecule has 9 heteroatoms. The van der Waals surface area contributed by atoms with E-state index in [0.717, 1.165) is 40.2 Å². The summed E-state index contributed by atoms with van der Waals surface area (Å²) in [5.41, 5.74) is 6.96. The molecule has 6 nitrogen and oxygen atoms in total. The molecular weight excluding hydrogens is 440 g/mol. The molecule has 0 unspecified atom stereocenters. The average molecular weight is 461 g/mol. The number of nitrogens with zero attached hydrogens (tertiary/aromatic N) is 3. The van der Waals surface area contributed by atoms with Crippen molar-refractivity contribution in [3.05, 3.63) is 45.6 Å². The second-order valence-electron chi connectivity index (χ2n) is 7.70. The third-order valence-electron chi connectivity index (χ3n) is 5.65. The monoisotopic (exact) mass is 460 g/mol. The van der Waals surface area contributed by atoms with Gasteiger partial charge in [0.25, 0.3) is 0 Å². The van der Waals surface area contributed by atoms with Gasteiger partial charge in [0.05, 0.1) is 17.2 Å². The number of hydrogen-bond donors (Lipinski definition) is 2. The number of primary amides is 1. The molecule has 2 aromatic heterocycles. The van der Waals surface area contributed by atoms with Crippen LogP contribution < -0.4 is 10.6 Å². The van der Waals surface area contributed by atoms with Gasteiger partial charge in [-0.3, -0.25) is 4.79 Å². The zero-order valence-corrected chi connectivity index (χ0v) is 18.6. The zero-order chi connectivity index (χ0) is 20.8. The van der Waals surface area contributed by atoms with E-state index in [0.29, 0.717) is 29.6 Å². The SMILES string of the molecule is NC(=O)[C@@H]1C[C@H](O)CN1c1nc(CSc2ccc(Cl)cc2)nc2sc3c(c12)CCC3. The molecule has 1 fully saturated rings. The van der Waals surface area contributed by atoms with Gasteiger partial charge in [0.1, 0.15) is 22.5 Å². The smallest absolute Gasteiger partial charge is 0.240 e. The van der Waals surface area contributed by atoms with E-state index >= 15 is 0 Å². The maximum absolute atomic E-state index is 12.1. The first-order valence-electron chi connectivity index (χ1n) is 9.93. The van der Waals surface area contributed by atoms with Crippen LogP contribution in [0.15, 0.2) is 29.2 Å². The Kier molecular flexibility index (Phi) is 5.35. The van der Waals surface area contributed by atoms with Crippen molar-refractivity contribution in [2.45, 2.75) is 48.5 Å². The summed E-state index contributed by atoms with van der Waals surface area (Å²) in [4.78, 5) is 27.1. The van der Waals surface area contributed by atoms with Gasteiger partial charge in [-0.25, -0.2) is 9.97 Å². The number of fused-ring (bicyclic) bond motifs is 3. The van der Waals surface area contributed by atoms with E-state index in [9.17, 15) is 9.90 Å². The largest absolute Gasteiger partial charge is 0.391 e. The molecule has 1 saturated heterocycles. The molecule has 3 aromatic rings. The summed E-state index contributed by atoms with van der Waals surface area (Å²) in [6.07, 6.45) is 2.94. The number of carbonyl (C=O) groups is 1. The van der Waals surface area contributed by atoms with Gasteiger partial charge in [-0.2, -0.15) is 0 Å². The fourth-order valence-electron chi connectivity index (χ4n) is 4.29. The maximum Gasteiger partial charge on any atom is 0.240 e. The molecule has 0 spiro atoms. The quantitative estimate of drug-likeness (QED) is 0.565. The number of aliphatic hydroxyl groups excluding tert-OH is 1. The Morgan fingerprint density at radius 2 is 2.10 bits per heavy atom. The highest BCUT2D eigenvalue weighted by Gasteiger charge is 2.38. The predicted molar refractivity (Wildman–Crippen MR) is 121 cm³/mol. The number of anilines is 1. The van der Waals surface area contributed by atoms with Crippen LogP contribution in [0.5, 0.6) is 0 Å². The molecule has 1 aromatic carbocycles. The number of benzene rings is 1. The first-order chi connectivity index (χ1) is 14.5. The summed E-state index contributed by atoms with van der Waals surface area (Å²) in [7, 11) is 0. The molecule has 156 valence electrons. The molecular formula is C21H21ClN4O2S2. The Hall–Kier alpha value is -1.87. The van der Waals surface area contributed by atoms with Crippen molar-refractivity contribution in [3.63, 3.8) is 0 Å². The van der Waals surface area contributed by atoms with Gasteiger partial charge in [0.15, 0.2) is 0 Å². The molecule has 5 rings (SSSR count).